The first-order valence-electron chi connectivity index (χ1n) is 18.7. The van der Waals surface area contributed by atoms with Gasteiger partial charge in [-0.05, 0) is 93.2 Å². The number of furan rings is 1. The summed E-state index contributed by atoms with van der Waals surface area (Å²) < 4.78 is 9.69. The zero-order valence-corrected chi connectivity index (χ0v) is 30.6. The van der Waals surface area contributed by atoms with Gasteiger partial charge in [0.25, 0.3) is 0 Å². The number of nitrogens with zero attached hydrogens (tertiary/aromatic N) is 1. The third-order valence-electron chi connectivity index (χ3n) is 10.8. The molecule has 0 bridgehead atoms. The lowest BCUT2D eigenvalue weighted by Gasteiger charge is -2.26. The lowest BCUT2D eigenvalue weighted by Crippen LogP contribution is -2.10. The van der Waals surface area contributed by atoms with Crippen LogP contribution in [-0.2, 0) is 0 Å². The summed E-state index contributed by atoms with van der Waals surface area (Å²) >= 11 is 1.84. The van der Waals surface area contributed by atoms with Crippen LogP contribution >= 0.6 is 11.3 Å². The Balaban J connectivity index is 1.18. The maximum absolute atomic E-state index is 7.12. The Morgan fingerprint density at radius 3 is 1.84 bits per heavy atom. The van der Waals surface area contributed by atoms with Crippen molar-refractivity contribution in [3.8, 4) is 33.4 Å². The molecule has 0 atom stereocenters. The molecule has 0 saturated heterocycles. The Kier molecular flexibility index (Phi) is 7.39. The molecule has 11 rings (SSSR count). The molecule has 2 heterocycles. The van der Waals surface area contributed by atoms with Crippen molar-refractivity contribution in [3.63, 3.8) is 0 Å². The number of hydrogen-bond donors (Lipinski definition) is 0. The van der Waals surface area contributed by atoms with Crippen LogP contribution in [0.2, 0.25) is 0 Å². The smallest absolute Gasteiger partial charge is 0.159 e. The molecule has 0 saturated carbocycles. The van der Waals surface area contributed by atoms with E-state index in [9.17, 15) is 0 Å². The first-order valence-corrected chi connectivity index (χ1v) is 19.5. The highest BCUT2D eigenvalue weighted by Crippen LogP contribution is 2.47. The largest absolute Gasteiger partial charge is 0.453 e. The molecule has 0 unspecified atom stereocenters. The quantitative estimate of drug-likeness (QED) is 0.170. The third-order valence-corrected chi connectivity index (χ3v) is 12.0. The fourth-order valence-corrected chi connectivity index (χ4v) is 9.23. The van der Waals surface area contributed by atoms with Gasteiger partial charge in [0.15, 0.2) is 5.58 Å². The summed E-state index contributed by atoms with van der Waals surface area (Å²) in [6.45, 7) is 0. The van der Waals surface area contributed by atoms with Gasteiger partial charge in [0.2, 0.25) is 0 Å². The Hall–Kier alpha value is -6.94. The first-order chi connectivity index (χ1) is 27.2. The summed E-state index contributed by atoms with van der Waals surface area (Å²) in [5.74, 6) is 0. The molecule has 0 spiro atoms. The fourth-order valence-electron chi connectivity index (χ4n) is 8.14. The number of para-hydroxylation sites is 1. The monoisotopic (exact) mass is 719 g/mol. The molecule has 258 valence electrons. The van der Waals surface area contributed by atoms with Crippen LogP contribution in [-0.4, -0.2) is 0 Å². The second kappa shape index (κ2) is 12.9. The molecule has 55 heavy (non-hydrogen) atoms. The molecule has 0 fully saturated rings. The van der Waals surface area contributed by atoms with Gasteiger partial charge in [-0.25, -0.2) is 0 Å². The molecule has 3 heteroatoms. The van der Waals surface area contributed by atoms with E-state index in [2.05, 4.69) is 205 Å². The van der Waals surface area contributed by atoms with Crippen LogP contribution in [0.3, 0.4) is 0 Å². The van der Waals surface area contributed by atoms with Crippen molar-refractivity contribution in [1.29, 1.82) is 0 Å². The van der Waals surface area contributed by atoms with E-state index in [0.717, 1.165) is 61.3 Å². The Labute approximate surface area is 322 Å². The van der Waals surface area contributed by atoms with Crippen LogP contribution in [0.15, 0.2) is 205 Å². The summed E-state index contributed by atoms with van der Waals surface area (Å²) in [6.07, 6.45) is 0. The SMILES string of the molecule is c1ccc(-c2cc(N(c3ccc(-c4ccc5ccccc5c4)cc3)c3ccc4sc5ccccc5c4c3)c3oc4c(-c5ccccc5)cccc4c3c2)cc1. The summed E-state index contributed by atoms with van der Waals surface area (Å²) in [7, 11) is 0. The molecule has 2 aromatic heterocycles. The van der Waals surface area contributed by atoms with Gasteiger partial charge < -0.3 is 9.32 Å². The van der Waals surface area contributed by atoms with E-state index >= 15 is 0 Å². The van der Waals surface area contributed by atoms with Crippen molar-refractivity contribution in [1.82, 2.24) is 0 Å². The van der Waals surface area contributed by atoms with Gasteiger partial charge in [-0.15, -0.1) is 11.3 Å². The van der Waals surface area contributed by atoms with E-state index in [4.69, 9.17) is 4.42 Å². The zero-order valence-electron chi connectivity index (χ0n) is 29.8. The summed E-state index contributed by atoms with van der Waals surface area (Å²) in [6, 6.07) is 72.2. The van der Waals surface area contributed by atoms with E-state index in [1.165, 1.54) is 42.1 Å². The van der Waals surface area contributed by atoms with Gasteiger partial charge in [0.05, 0.1) is 5.69 Å². The lowest BCUT2D eigenvalue weighted by molar-refractivity contribution is 0.670. The van der Waals surface area contributed by atoms with Crippen LogP contribution in [0.4, 0.5) is 17.1 Å². The number of benzene rings is 9. The van der Waals surface area contributed by atoms with Gasteiger partial charge in [0.1, 0.15) is 5.58 Å². The normalized spacial score (nSPS) is 11.6. The van der Waals surface area contributed by atoms with Crippen LogP contribution < -0.4 is 4.90 Å². The minimum Gasteiger partial charge on any atom is -0.453 e. The van der Waals surface area contributed by atoms with Crippen LogP contribution in [0, 0.1) is 0 Å². The van der Waals surface area contributed by atoms with E-state index in [-0.39, 0.29) is 0 Å². The van der Waals surface area contributed by atoms with Gasteiger partial charge in [-0.1, -0.05) is 146 Å². The number of anilines is 3. The van der Waals surface area contributed by atoms with Crippen molar-refractivity contribution < 1.29 is 4.42 Å². The van der Waals surface area contributed by atoms with Gasteiger partial charge in [-0.2, -0.15) is 0 Å². The van der Waals surface area contributed by atoms with E-state index in [1.54, 1.807) is 0 Å². The molecule has 0 aliphatic rings. The molecule has 0 aliphatic carbocycles. The van der Waals surface area contributed by atoms with Crippen molar-refractivity contribution in [3.05, 3.63) is 200 Å². The number of thiophene rings is 1. The minimum absolute atomic E-state index is 0.854. The molecular formula is C52H33NOS. The zero-order chi connectivity index (χ0) is 36.3. The average Bonchev–Trinajstić information content (AvgIpc) is 3.83. The van der Waals surface area contributed by atoms with Crippen molar-refractivity contribution in [2.45, 2.75) is 0 Å². The predicted octanol–water partition coefficient (Wildman–Crippen LogP) is 15.6. The van der Waals surface area contributed by atoms with Gasteiger partial charge in [0, 0.05) is 47.9 Å². The molecule has 0 radical (unpaired) electrons. The topological polar surface area (TPSA) is 16.4 Å². The Morgan fingerprint density at radius 2 is 1.00 bits per heavy atom. The number of fused-ring (bicyclic) bond motifs is 7. The van der Waals surface area contributed by atoms with Crippen LogP contribution in [0.1, 0.15) is 0 Å². The van der Waals surface area contributed by atoms with Crippen LogP contribution in [0.25, 0.3) is 86.3 Å². The Morgan fingerprint density at radius 1 is 0.345 bits per heavy atom. The first kappa shape index (κ1) is 31.6. The van der Waals surface area contributed by atoms with E-state index in [0.29, 0.717) is 0 Å². The second-order valence-electron chi connectivity index (χ2n) is 14.1. The summed E-state index contributed by atoms with van der Waals surface area (Å²) in [4.78, 5) is 2.38. The van der Waals surface area contributed by atoms with E-state index < -0.39 is 0 Å². The average molecular weight is 720 g/mol. The Bertz CT molecular complexity index is 3190. The molecule has 0 N–H and O–H groups in total. The van der Waals surface area contributed by atoms with E-state index in [1.807, 2.05) is 11.3 Å². The second-order valence-corrected chi connectivity index (χ2v) is 15.2. The number of hydrogen-bond acceptors (Lipinski definition) is 3. The van der Waals surface area contributed by atoms with Crippen molar-refractivity contribution >= 4 is 81.3 Å². The highest BCUT2D eigenvalue weighted by Gasteiger charge is 2.23. The number of rotatable bonds is 6. The van der Waals surface area contributed by atoms with Gasteiger partial charge in [-0.3, -0.25) is 0 Å². The molecular weight excluding hydrogens is 687 g/mol. The molecule has 9 aromatic carbocycles. The standard InChI is InChI=1S/C52H33NOS/c1-3-12-34(13-4-1)40-31-47-45-20-11-19-43(37-15-5-2-6-16-37)51(45)54-52(47)48(32-40)53(42-28-29-50-46(33-42)44-18-9-10-21-49(44)55-50)41-26-24-36(25-27-41)39-23-22-35-14-7-8-17-38(35)30-39/h1-33H. The molecule has 11 aromatic rings. The van der Waals surface area contributed by atoms with Crippen molar-refractivity contribution in [2.75, 3.05) is 4.90 Å². The van der Waals surface area contributed by atoms with Gasteiger partial charge >= 0.3 is 0 Å². The maximum Gasteiger partial charge on any atom is 0.159 e. The molecule has 2 nitrogen and oxygen atoms in total. The van der Waals surface area contributed by atoms with Crippen molar-refractivity contribution in [2.24, 2.45) is 0 Å². The highest BCUT2D eigenvalue weighted by atomic mass is 32.1. The fraction of sp³-hybridized carbons (Fsp3) is 0. The lowest BCUT2D eigenvalue weighted by atomic mass is 9.98. The molecule has 0 aliphatic heterocycles. The maximum atomic E-state index is 7.12. The molecule has 0 amide bonds. The summed E-state index contributed by atoms with van der Waals surface area (Å²) in [5, 5.41) is 7.19. The third kappa shape index (κ3) is 5.40. The van der Waals surface area contributed by atoms with Crippen LogP contribution in [0.5, 0.6) is 0 Å². The summed E-state index contributed by atoms with van der Waals surface area (Å²) in [5.41, 5.74) is 11.7. The predicted molar refractivity (Wildman–Crippen MR) is 235 cm³/mol. The minimum atomic E-state index is 0.854. The highest BCUT2D eigenvalue weighted by molar-refractivity contribution is 7.25.